The lowest BCUT2D eigenvalue weighted by molar-refractivity contribution is -0.106. The number of ether oxygens (including phenoxy) is 4. The molecule has 0 amide bonds. The van der Waals surface area contributed by atoms with Gasteiger partial charge in [0.25, 0.3) is 0 Å². The number of aromatic hydroxyl groups is 1. The summed E-state index contributed by atoms with van der Waals surface area (Å²) in [5.41, 5.74) is 1.13. The Bertz CT molecular complexity index is 835. The normalized spacial score (nSPS) is 21.7. The van der Waals surface area contributed by atoms with Crippen LogP contribution in [0.15, 0.2) is 42.5 Å². The summed E-state index contributed by atoms with van der Waals surface area (Å²) in [7, 11) is 0. The zero-order valence-electron chi connectivity index (χ0n) is 17.0. The van der Waals surface area contributed by atoms with Crippen molar-refractivity contribution < 1.29 is 28.8 Å². The van der Waals surface area contributed by atoms with E-state index in [-0.39, 0.29) is 36.1 Å². The van der Waals surface area contributed by atoms with Gasteiger partial charge in [0, 0.05) is 25.3 Å². The van der Waals surface area contributed by atoms with Crippen molar-refractivity contribution in [3.63, 3.8) is 0 Å². The van der Waals surface area contributed by atoms with Crippen LogP contribution in [0.1, 0.15) is 54.4 Å². The van der Waals surface area contributed by atoms with Crippen LogP contribution in [0.5, 0.6) is 17.2 Å². The molecule has 6 nitrogen and oxygen atoms in total. The standard InChI is InChI=1S/C24H28O6/c25-21(15-17-7-9-18(10-8-17)29-23-5-1-3-13-27-23)20-12-11-19(16-22(20)26)30-24-6-2-4-14-28-24/h7-12,16,23-24,26H,1-6,13-15H2/t23-,24-/m0/s1. The molecular formula is C24H28O6. The predicted molar refractivity (Wildman–Crippen MR) is 111 cm³/mol. The van der Waals surface area contributed by atoms with E-state index in [9.17, 15) is 9.90 Å². The molecule has 0 saturated carbocycles. The zero-order chi connectivity index (χ0) is 20.8. The van der Waals surface area contributed by atoms with E-state index in [0.29, 0.717) is 12.4 Å². The molecule has 0 spiro atoms. The molecule has 30 heavy (non-hydrogen) atoms. The van der Waals surface area contributed by atoms with Crippen molar-refractivity contribution in [1.82, 2.24) is 0 Å². The Morgan fingerprint density at radius 1 is 0.867 bits per heavy atom. The highest BCUT2D eigenvalue weighted by Gasteiger charge is 2.18. The molecule has 2 atom stereocenters. The van der Waals surface area contributed by atoms with Crippen LogP contribution in [0.25, 0.3) is 0 Å². The van der Waals surface area contributed by atoms with Crippen molar-refractivity contribution in [3.8, 4) is 17.2 Å². The molecule has 2 aliphatic rings. The van der Waals surface area contributed by atoms with Crippen molar-refractivity contribution in [2.75, 3.05) is 13.2 Å². The molecule has 2 aliphatic heterocycles. The van der Waals surface area contributed by atoms with Crippen LogP contribution >= 0.6 is 0 Å². The first kappa shape index (κ1) is 20.7. The highest BCUT2D eigenvalue weighted by Crippen LogP contribution is 2.28. The fourth-order valence-corrected chi connectivity index (χ4v) is 3.70. The molecule has 1 N–H and O–H groups in total. The van der Waals surface area contributed by atoms with E-state index in [1.807, 2.05) is 24.3 Å². The molecule has 2 aromatic rings. The van der Waals surface area contributed by atoms with E-state index in [4.69, 9.17) is 18.9 Å². The fraction of sp³-hybridized carbons (Fsp3) is 0.458. The van der Waals surface area contributed by atoms with Crippen LogP contribution in [0.4, 0.5) is 0 Å². The van der Waals surface area contributed by atoms with E-state index in [2.05, 4.69) is 0 Å². The predicted octanol–water partition coefficient (Wildman–Crippen LogP) is 4.63. The topological polar surface area (TPSA) is 74.2 Å². The summed E-state index contributed by atoms with van der Waals surface area (Å²) in [6, 6.07) is 12.2. The summed E-state index contributed by atoms with van der Waals surface area (Å²) in [6.07, 6.45) is 5.72. The van der Waals surface area contributed by atoms with E-state index in [0.717, 1.165) is 56.4 Å². The van der Waals surface area contributed by atoms with Gasteiger partial charge >= 0.3 is 0 Å². The number of Topliss-reactive ketones (excluding diaryl/α,β-unsaturated/α-hetero) is 1. The van der Waals surface area contributed by atoms with Gasteiger partial charge in [-0.15, -0.1) is 0 Å². The average molecular weight is 412 g/mol. The van der Waals surface area contributed by atoms with Crippen molar-refractivity contribution in [3.05, 3.63) is 53.6 Å². The maximum Gasteiger partial charge on any atom is 0.199 e. The number of ketones is 1. The SMILES string of the molecule is O=C(Cc1ccc(O[C@H]2CCCCO2)cc1)c1ccc(O[C@H]2CCCCO2)cc1O. The summed E-state index contributed by atoms with van der Waals surface area (Å²) in [5, 5.41) is 10.3. The zero-order valence-corrected chi connectivity index (χ0v) is 17.0. The molecule has 0 aromatic heterocycles. The van der Waals surface area contributed by atoms with Crippen LogP contribution in [0.2, 0.25) is 0 Å². The summed E-state index contributed by atoms with van der Waals surface area (Å²) < 4.78 is 22.7. The van der Waals surface area contributed by atoms with Gasteiger partial charge in [0.15, 0.2) is 18.4 Å². The molecular weight excluding hydrogens is 384 g/mol. The fourth-order valence-electron chi connectivity index (χ4n) is 3.70. The van der Waals surface area contributed by atoms with Gasteiger partial charge in [0.1, 0.15) is 17.2 Å². The Balaban J connectivity index is 1.33. The first-order valence-electron chi connectivity index (χ1n) is 10.7. The van der Waals surface area contributed by atoms with Crippen molar-refractivity contribution >= 4 is 5.78 Å². The summed E-state index contributed by atoms with van der Waals surface area (Å²) >= 11 is 0. The molecule has 6 heteroatoms. The van der Waals surface area contributed by atoms with Crippen LogP contribution in [-0.4, -0.2) is 36.7 Å². The van der Waals surface area contributed by atoms with Crippen LogP contribution < -0.4 is 9.47 Å². The third-order valence-electron chi connectivity index (χ3n) is 5.37. The second kappa shape index (κ2) is 9.96. The van der Waals surface area contributed by atoms with Gasteiger partial charge in [0.2, 0.25) is 0 Å². The van der Waals surface area contributed by atoms with Gasteiger partial charge < -0.3 is 24.1 Å². The summed E-state index contributed by atoms with van der Waals surface area (Å²) in [4.78, 5) is 12.7. The monoisotopic (exact) mass is 412 g/mol. The number of carbonyl (C=O) groups excluding carboxylic acids is 1. The minimum absolute atomic E-state index is 0.0808. The molecule has 0 bridgehead atoms. The lowest BCUT2D eigenvalue weighted by Gasteiger charge is -2.23. The number of carbonyl (C=O) groups is 1. The largest absolute Gasteiger partial charge is 0.507 e. The smallest absolute Gasteiger partial charge is 0.199 e. The van der Waals surface area contributed by atoms with Gasteiger partial charge in [-0.2, -0.15) is 0 Å². The molecule has 2 fully saturated rings. The Morgan fingerprint density at radius 3 is 2.03 bits per heavy atom. The molecule has 2 heterocycles. The number of hydrogen-bond acceptors (Lipinski definition) is 6. The Labute approximate surface area is 176 Å². The molecule has 0 radical (unpaired) electrons. The Morgan fingerprint density at radius 2 is 1.47 bits per heavy atom. The van der Waals surface area contributed by atoms with Crippen LogP contribution in [-0.2, 0) is 15.9 Å². The number of phenolic OH excluding ortho intramolecular Hbond substituents is 1. The first-order valence-corrected chi connectivity index (χ1v) is 10.7. The quantitative estimate of drug-likeness (QED) is 0.669. The Hall–Kier alpha value is -2.57. The average Bonchev–Trinajstić information content (AvgIpc) is 2.76. The second-order valence-electron chi connectivity index (χ2n) is 7.75. The highest BCUT2D eigenvalue weighted by atomic mass is 16.7. The highest BCUT2D eigenvalue weighted by molar-refractivity contribution is 6.00. The molecule has 160 valence electrons. The molecule has 2 aromatic carbocycles. The minimum atomic E-state index is -0.292. The first-order chi connectivity index (χ1) is 14.7. The van der Waals surface area contributed by atoms with E-state index in [1.54, 1.807) is 12.1 Å². The van der Waals surface area contributed by atoms with Gasteiger partial charge in [0.05, 0.1) is 18.8 Å². The van der Waals surface area contributed by atoms with Crippen LogP contribution in [0.3, 0.4) is 0 Å². The van der Waals surface area contributed by atoms with E-state index >= 15 is 0 Å². The minimum Gasteiger partial charge on any atom is -0.507 e. The number of hydrogen-bond donors (Lipinski definition) is 1. The van der Waals surface area contributed by atoms with Crippen molar-refractivity contribution in [1.29, 1.82) is 0 Å². The van der Waals surface area contributed by atoms with E-state index in [1.165, 1.54) is 6.07 Å². The second-order valence-corrected chi connectivity index (χ2v) is 7.75. The van der Waals surface area contributed by atoms with Crippen molar-refractivity contribution in [2.45, 2.75) is 57.5 Å². The maximum atomic E-state index is 12.7. The van der Waals surface area contributed by atoms with Crippen molar-refractivity contribution in [2.24, 2.45) is 0 Å². The number of rotatable bonds is 7. The van der Waals surface area contributed by atoms with Crippen LogP contribution in [0, 0.1) is 0 Å². The summed E-state index contributed by atoms with van der Waals surface area (Å²) in [6.45, 7) is 1.42. The molecule has 2 saturated heterocycles. The van der Waals surface area contributed by atoms with Gasteiger partial charge in [-0.3, -0.25) is 4.79 Å². The lowest BCUT2D eigenvalue weighted by atomic mass is 10.0. The number of benzene rings is 2. The van der Waals surface area contributed by atoms with E-state index < -0.39 is 0 Å². The van der Waals surface area contributed by atoms with Gasteiger partial charge in [-0.05, 0) is 55.5 Å². The van der Waals surface area contributed by atoms with Gasteiger partial charge in [-0.1, -0.05) is 12.1 Å². The third kappa shape index (κ3) is 5.52. The number of phenols is 1. The molecule has 0 aliphatic carbocycles. The summed E-state index contributed by atoms with van der Waals surface area (Å²) in [5.74, 6) is 0.995. The van der Waals surface area contributed by atoms with Gasteiger partial charge in [-0.25, -0.2) is 0 Å². The third-order valence-corrected chi connectivity index (χ3v) is 5.37. The molecule has 4 rings (SSSR count). The lowest BCUT2D eigenvalue weighted by Crippen LogP contribution is -2.25. The Kier molecular flexibility index (Phi) is 6.87. The molecule has 0 unspecified atom stereocenters. The maximum absolute atomic E-state index is 12.7.